The zero-order chi connectivity index (χ0) is 11.7. The molecular weight excluding hydrogens is 266 g/mol. The van der Waals surface area contributed by atoms with Crippen LogP contribution in [-0.2, 0) is 0 Å². The van der Waals surface area contributed by atoms with Crippen molar-refractivity contribution in [3.8, 4) is 0 Å². The lowest BCUT2D eigenvalue weighted by molar-refractivity contribution is 0.239. The van der Waals surface area contributed by atoms with E-state index in [4.69, 9.17) is 5.11 Å². The fourth-order valence-corrected chi connectivity index (χ4v) is 3.30. The molecule has 0 heterocycles. The molecule has 2 rings (SSSR count). The Bertz CT molecular complexity index is 380. The van der Waals surface area contributed by atoms with Gasteiger partial charge in [-0.1, -0.05) is 35.0 Å². The van der Waals surface area contributed by atoms with Gasteiger partial charge in [0.15, 0.2) is 0 Å². The van der Waals surface area contributed by atoms with Crippen molar-refractivity contribution in [2.75, 3.05) is 6.61 Å². The smallest absolute Gasteiger partial charge is 0.0582 e. The molecule has 0 bridgehead atoms. The van der Waals surface area contributed by atoms with E-state index < -0.39 is 0 Å². The Morgan fingerprint density at radius 1 is 1.56 bits per heavy atom. The fourth-order valence-electron chi connectivity index (χ4n) is 2.53. The maximum absolute atomic E-state index is 9.09. The van der Waals surface area contributed by atoms with Crippen LogP contribution in [0.4, 0.5) is 0 Å². The lowest BCUT2D eigenvalue weighted by Gasteiger charge is -2.18. The van der Waals surface area contributed by atoms with Crippen molar-refractivity contribution in [3.05, 3.63) is 33.8 Å². The molecule has 1 aromatic rings. The van der Waals surface area contributed by atoms with Gasteiger partial charge in [0.25, 0.3) is 0 Å². The first-order valence-electron chi connectivity index (χ1n) is 5.78. The highest BCUT2D eigenvalue weighted by atomic mass is 79.9. The van der Waals surface area contributed by atoms with E-state index >= 15 is 0 Å². The quantitative estimate of drug-likeness (QED) is 0.894. The van der Waals surface area contributed by atoms with Crippen LogP contribution in [0.3, 0.4) is 0 Å². The largest absolute Gasteiger partial charge is 0.395 e. The number of aliphatic hydroxyl groups excluding tert-OH is 1. The highest BCUT2D eigenvalue weighted by Crippen LogP contribution is 2.43. The third-order valence-corrected chi connectivity index (χ3v) is 4.00. The Morgan fingerprint density at radius 2 is 2.31 bits per heavy atom. The Morgan fingerprint density at radius 3 is 3.00 bits per heavy atom. The second-order valence-corrected chi connectivity index (χ2v) is 5.54. The molecule has 2 nitrogen and oxygen atoms in total. The summed E-state index contributed by atoms with van der Waals surface area (Å²) in [6.07, 6.45) is 1.11. The van der Waals surface area contributed by atoms with Gasteiger partial charge in [-0.2, -0.15) is 0 Å². The monoisotopic (exact) mass is 283 g/mol. The first-order chi connectivity index (χ1) is 7.63. The van der Waals surface area contributed by atoms with E-state index in [9.17, 15) is 0 Å². The zero-order valence-electron chi connectivity index (χ0n) is 9.70. The molecular formula is C13H18BrNO. The number of hydrogen-bond donors (Lipinski definition) is 2. The number of rotatable bonds is 3. The summed E-state index contributed by atoms with van der Waals surface area (Å²) in [4.78, 5) is 0. The SMILES string of the molecule is CC1CC(N[C@H](C)CO)c2cccc(Br)c21. The standard InChI is InChI=1S/C13H18BrNO/c1-8-6-12(15-9(2)7-16)10-4-3-5-11(14)13(8)10/h3-5,8-9,12,15-16H,6-7H2,1-2H3/t8?,9-,12?/m1/s1. The maximum atomic E-state index is 9.09. The van der Waals surface area contributed by atoms with Crippen molar-refractivity contribution in [3.63, 3.8) is 0 Å². The van der Waals surface area contributed by atoms with E-state index in [0.717, 1.165) is 6.42 Å². The zero-order valence-corrected chi connectivity index (χ0v) is 11.3. The van der Waals surface area contributed by atoms with Crippen molar-refractivity contribution in [1.29, 1.82) is 0 Å². The molecule has 1 aliphatic carbocycles. The molecule has 3 atom stereocenters. The topological polar surface area (TPSA) is 32.3 Å². The van der Waals surface area contributed by atoms with Crippen LogP contribution in [0.2, 0.25) is 0 Å². The molecule has 0 amide bonds. The van der Waals surface area contributed by atoms with Crippen LogP contribution in [0.5, 0.6) is 0 Å². The van der Waals surface area contributed by atoms with Crippen LogP contribution < -0.4 is 5.32 Å². The predicted molar refractivity (Wildman–Crippen MR) is 69.6 cm³/mol. The summed E-state index contributed by atoms with van der Waals surface area (Å²) in [6, 6.07) is 6.91. The van der Waals surface area contributed by atoms with Crippen LogP contribution in [-0.4, -0.2) is 17.8 Å². The predicted octanol–water partition coefficient (Wildman–Crippen LogP) is 2.97. The van der Waals surface area contributed by atoms with Crippen LogP contribution >= 0.6 is 15.9 Å². The van der Waals surface area contributed by atoms with Gasteiger partial charge in [0.05, 0.1) is 6.61 Å². The lowest BCUT2D eigenvalue weighted by atomic mass is 10.0. The molecule has 0 fully saturated rings. The third-order valence-electron chi connectivity index (χ3n) is 3.30. The molecule has 88 valence electrons. The average Bonchev–Trinajstić information content (AvgIpc) is 2.57. The highest BCUT2D eigenvalue weighted by Gasteiger charge is 2.30. The molecule has 16 heavy (non-hydrogen) atoms. The van der Waals surface area contributed by atoms with E-state index in [2.05, 4.69) is 46.4 Å². The van der Waals surface area contributed by atoms with E-state index in [1.165, 1.54) is 15.6 Å². The molecule has 0 saturated heterocycles. The molecule has 0 aliphatic heterocycles. The van der Waals surface area contributed by atoms with Gasteiger partial charge in [-0.3, -0.25) is 0 Å². The highest BCUT2D eigenvalue weighted by molar-refractivity contribution is 9.10. The van der Waals surface area contributed by atoms with Gasteiger partial charge in [-0.15, -0.1) is 0 Å². The summed E-state index contributed by atoms with van der Waals surface area (Å²) in [6.45, 7) is 4.46. The van der Waals surface area contributed by atoms with Crippen molar-refractivity contribution in [2.45, 2.75) is 38.3 Å². The number of aliphatic hydroxyl groups is 1. The molecule has 0 saturated carbocycles. The summed E-state index contributed by atoms with van der Waals surface area (Å²) < 4.78 is 1.21. The molecule has 3 heteroatoms. The number of hydrogen-bond acceptors (Lipinski definition) is 2. The van der Waals surface area contributed by atoms with E-state index in [1.54, 1.807) is 0 Å². The van der Waals surface area contributed by atoms with Gasteiger partial charge in [0, 0.05) is 16.6 Å². The molecule has 0 spiro atoms. The van der Waals surface area contributed by atoms with Crippen LogP contribution in [0, 0.1) is 0 Å². The van der Waals surface area contributed by atoms with Gasteiger partial charge in [0.1, 0.15) is 0 Å². The minimum atomic E-state index is 0.155. The Hall–Kier alpha value is -0.380. The van der Waals surface area contributed by atoms with Crippen LogP contribution in [0.15, 0.2) is 22.7 Å². The van der Waals surface area contributed by atoms with E-state index in [-0.39, 0.29) is 12.6 Å². The van der Waals surface area contributed by atoms with Crippen molar-refractivity contribution >= 4 is 15.9 Å². The van der Waals surface area contributed by atoms with Gasteiger partial charge in [-0.25, -0.2) is 0 Å². The summed E-state index contributed by atoms with van der Waals surface area (Å²) in [5, 5.41) is 12.6. The van der Waals surface area contributed by atoms with Crippen molar-refractivity contribution < 1.29 is 5.11 Å². The van der Waals surface area contributed by atoms with Gasteiger partial charge >= 0.3 is 0 Å². The Labute approximate surface area is 105 Å². The summed E-state index contributed by atoms with van der Waals surface area (Å²) in [7, 11) is 0. The average molecular weight is 284 g/mol. The van der Waals surface area contributed by atoms with E-state index in [1.807, 2.05) is 6.92 Å². The fraction of sp³-hybridized carbons (Fsp3) is 0.538. The van der Waals surface area contributed by atoms with Gasteiger partial charge in [-0.05, 0) is 36.5 Å². The first-order valence-corrected chi connectivity index (χ1v) is 6.58. The second kappa shape index (κ2) is 4.86. The lowest BCUT2D eigenvalue weighted by Crippen LogP contribution is -2.32. The minimum absolute atomic E-state index is 0.155. The molecule has 0 radical (unpaired) electrons. The second-order valence-electron chi connectivity index (χ2n) is 4.68. The van der Waals surface area contributed by atoms with Crippen molar-refractivity contribution in [1.82, 2.24) is 5.32 Å². The summed E-state index contributed by atoms with van der Waals surface area (Å²) >= 11 is 3.62. The normalized spacial score (nSPS) is 25.5. The van der Waals surface area contributed by atoms with Gasteiger partial charge in [0.2, 0.25) is 0 Å². The first kappa shape index (κ1) is 12.1. The Kier molecular flexibility index (Phi) is 3.67. The van der Waals surface area contributed by atoms with Crippen LogP contribution in [0.25, 0.3) is 0 Å². The van der Waals surface area contributed by atoms with Crippen LogP contribution in [0.1, 0.15) is 43.4 Å². The van der Waals surface area contributed by atoms with Gasteiger partial charge < -0.3 is 10.4 Å². The van der Waals surface area contributed by atoms with Crippen molar-refractivity contribution in [2.24, 2.45) is 0 Å². The molecule has 1 aromatic carbocycles. The van der Waals surface area contributed by atoms with E-state index in [0.29, 0.717) is 12.0 Å². The maximum Gasteiger partial charge on any atom is 0.0582 e. The number of nitrogens with one attached hydrogen (secondary N) is 1. The number of halogens is 1. The summed E-state index contributed by atoms with van der Waals surface area (Å²) in [5.74, 6) is 0.578. The molecule has 1 aliphatic rings. The third kappa shape index (κ3) is 2.17. The number of fused-ring (bicyclic) bond motifs is 1. The minimum Gasteiger partial charge on any atom is -0.395 e. The summed E-state index contributed by atoms with van der Waals surface area (Å²) in [5.41, 5.74) is 2.80. The molecule has 0 aromatic heterocycles. The number of benzene rings is 1. The Balaban J connectivity index is 2.26. The molecule has 2 N–H and O–H groups in total. The molecule has 2 unspecified atom stereocenters.